The zero-order valence-electron chi connectivity index (χ0n) is 17.9. The molecule has 0 fully saturated rings. The number of carbonyl (C=O) groups excluding carboxylic acids is 2. The van der Waals surface area contributed by atoms with E-state index in [9.17, 15) is 9.59 Å². The lowest BCUT2D eigenvalue weighted by molar-refractivity contribution is -0.142. The van der Waals surface area contributed by atoms with Crippen LogP contribution in [0.4, 0.5) is 0 Å². The highest BCUT2D eigenvalue weighted by Gasteiger charge is 2.26. The third kappa shape index (κ3) is 7.06. The molecule has 6 nitrogen and oxygen atoms in total. The summed E-state index contributed by atoms with van der Waals surface area (Å²) < 4.78 is 11.9. The third-order valence-electron chi connectivity index (χ3n) is 4.54. The van der Waals surface area contributed by atoms with Gasteiger partial charge < -0.3 is 19.7 Å². The maximum atomic E-state index is 13.0. The van der Waals surface area contributed by atoms with Gasteiger partial charge in [-0.2, -0.15) is 0 Å². The van der Waals surface area contributed by atoms with Crippen LogP contribution >= 0.6 is 15.9 Å². The molecule has 2 aromatic carbocycles. The second-order valence-corrected chi connectivity index (χ2v) is 8.32. The van der Waals surface area contributed by atoms with Crippen LogP contribution in [0.3, 0.4) is 0 Å². The first-order valence-corrected chi connectivity index (χ1v) is 10.7. The Balaban J connectivity index is 2.15. The molecular weight excluding hydrogens is 448 g/mol. The molecular formula is C23H29BrN2O4. The van der Waals surface area contributed by atoms with Crippen LogP contribution in [0, 0.1) is 5.92 Å². The Bertz CT molecular complexity index is 839. The van der Waals surface area contributed by atoms with E-state index in [1.807, 2.05) is 50.2 Å². The van der Waals surface area contributed by atoms with Crippen LogP contribution in [0.25, 0.3) is 0 Å². The Hall–Kier alpha value is -2.54. The molecule has 0 aliphatic rings. The number of hydrogen-bond acceptors (Lipinski definition) is 4. The molecule has 0 aliphatic heterocycles. The fourth-order valence-electron chi connectivity index (χ4n) is 2.78. The molecule has 0 aliphatic carbocycles. The number of ether oxygens (including phenoxy) is 2. The van der Waals surface area contributed by atoms with E-state index < -0.39 is 6.04 Å². The lowest BCUT2D eigenvalue weighted by atomic mass is 10.1. The summed E-state index contributed by atoms with van der Waals surface area (Å²) in [4.78, 5) is 27.2. The molecule has 0 saturated heterocycles. The van der Waals surface area contributed by atoms with E-state index in [-0.39, 0.29) is 18.4 Å². The van der Waals surface area contributed by atoms with Crippen LogP contribution in [0.5, 0.6) is 11.5 Å². The van der Waals surface area contributed by atoms with Crippen molar-refractivity contribution in [2.24, 2.45) is 5.92 Å². The first kappa shape index (κ1) is 23.7. The number of rotatable bonds is 10. The smallest absolute Gasteiger partial charge is 0.261 e. The maximum Gasteiger partial charge on any atom is 0.261 e. The van der Waals surface area contributed by atoms with Crippen LogP contribution in [0.15, 0.2) is 53.0 Å². The largest absolute Gasteiger partial charge is 0.493 e. The summed E-state index contributed by atoms with van der Waals surface area (Å²) in [6.07, 6.45) is 0. The van der Waals surface area contributed by atoms with E-state index in [0.717, 1.165) is 10.0 Å². The summed E-state index contributed by atoms with van der Waals surface area (Å²) in [5.41, 5.74) is 0.923. The zero-order valence-corrected chi connectivity index (χ0v) is 19.4. The average molecular weight is 477 g/mol. The minimum absolute atomic E-state index is 0.188. The Morgan fingerprint density at radius 1 is 1.03 bits per heavy atom. The van der Waals surface area contributed by atoms with Gasteiger partial charge in [-0.3, -0.25) is 9.59 Å². The summed E-state index contributed by atoms with van der Waals surface area (Å²) in [5.74, 6) is 0.884. The van der Waals surface area contributed by atoms with E-state index in [4.69, 9.17) is 9.47 Å². The number of benzene rings is 2. The van der Waals surface area contributed by atoms with Crippen LogP contribution < -0.4 is 14.8 Å². The fourth-order valence-corrected chi connectivity index (χ4v) is 3.05. The SMILES string of the molecule is COc1ccccc1OCC(=O)N(Cc1ccc(Br)cc1)[C@@H](C)C(=O)NCC(C)C. The van der Waals surface area contributed by atoms with Gasteiger partial charge in [0.15, 0.2) is 18.1 Å². The van der Waals surface area contributed by atoms with E-state index in [2.05, 4.69) is 21.2 Å². The number of nitrogens with zero attached hydrogens (tertiary/aromatic N) is 1. The first-order valence-electron chi connectivity index (χ1n) is 9.89. The number of halogens is 1. The van der Waals surface area contributed by atoms with E-state index >= 15 is 0 Å². The van der Waals surface area contributed by atoms with Crippen molar-refractivity contribution in [1.82, 2.24) is 10.2 Å². The Labute approximate surface area is 186 Å². The molecule has 30 heavy (non-hydrogen) atoms. The standard InChI is InChI=1S/C23H29BrN2O4/c1-16(2)13-25-23(28)17(3)26(14-18-9-11-19(24)12-10-18)22(27)15-30-21-8-6-5-7-20(21)29-4/h5-12,16-17H,13-15H2,1-4H3,(H,25,28)/t17-/m0/s1. The number of carbonyl (C=O) groups is 2. The van der Waals surface area contributed by atoms with E-state index in [1.165, 1.54) is 4.90 Å². The van der Waals surface area contributed by atoms with Crippen molar-refractivity contribution < 1.29 is 19.1 Å². The highest BCUT2D eigenvalue weighted by Crippen LogP contribution is 2.26. The molecule has 2 rings (SSSR count). The molecule has 1 atom stereocenters. The number of hydrogen-bond donors (Lipinski definition) is 1. The molecule has 0 saturated carbocycles. The van der Waals surface area contributed by atoms with Crippen LogP contribution in [0.2, 0.25) is 0 Å². The van der Waals surface area contributed by atoms with Crippen molar-refractivity contribution in [1.29, 1.82) is 0 Å². The van der Waals surface area contributed by atoms with Gasteiger partial charge in [-0.1, -0.05) is 54.0 Å². The third-order valence-corrected chi connectivity index (χ3v) is 5.07. The van der Waals surface area contributed by atoms with Crippen molar-refractivity contribution in [3.8, 4) is 11.5 Å². The van der Waals surface area contributed by atoms with Crippen molar-refractivity contribution in [2.75, 3.05) is 20.3 Å². The second-order valence-electron chi connectivity index (χ2n) is 7.40. The molecule has 0 spiro atoms. The molecule has 0 aromatic heterocycles. The molecule has 162 valence electrons. The monoisotopic (exact) mass is 476 g/mol. The van der Waals surface area contributed by atoms with Crippen molar-refractivity contribution in [2.45, 2.75) is 33.4 Å². The number of nitrogens with one attached hydrogen (secondary N) is 1. The van der Waals surface area contributed by atoms with Crippen LogP contribution in [-0.4, -0.2) is 43.0 Å². The van der Waals surface area contributed by atoms with Gasteiger partial charge in [0, 0.05) is 17.6 Å². The van der Waals surface area contributed by atoms with E-state index in [0.29, 0.717) is 30.5 Å². The molecule has 2 aromatic rings. The van der Waals surface area contributed by atoms with E-state index in [1.54, 1.807) is 26.2 Å². The number of methoxy groups -OCH3 is 1. The maximum absolute atomic E-state index is 13.0. The van der Waals surface area contributed by atoms with Gasteiger partial charge in [-0.05, 0) is 42.7 Å². The molecule has 0 radical (unpaired) electrons. The second kappa shape index (κ2) is 11.6. The molecule has 7 heteroatoms. The average Bonchev–Trinajstić information content (AvgIpc) is 2.75. The lowest BCUT2D eigenvalue weighted by Crippen LogP contribution is -2.49. The summed E-state index contributed by atoms with van der Waals surface area (Å²) in [6, 6.07) is 14.2. The highest BCUT2D eigenvalue weighted by molar-refractivity contribution is 9.10. The minimum atomic E-state index is -0.638. The Kier molecular flexibility index (Phi) is 9.17. The van der Waals surface area contributed by atoms with Crippen molar-refractivity contribution in [3.05, 3.63) is 58.6 Å². The molecule has 1 N–H and O–H groups in total. The summed E-state index contributed by atoms with van der Waals surface area (Å²) in [7, 11) is 1.55. The van der Waals surface area contributed by atoms with Gasteiger partial charge in [0.2, 0.25) is 5.91 Å². The predicted molar refractivity (Wildman–Crippen MR) is 120 cm³/mol. The molecule has 2 amide bonds. The van der Waals surface area contributed by atoms with Gasteiger partial charge >= 0.3 is 0 Å². The fraction of sp³-hybridized carbons (Fsp3) is 0.391. The van der Waals surface area contributed by atoms with Crippen molar-refractivity contribution in [3.63, 3.8) is 0 Å². The van der Waals surface area contributed by atoms with Crippen LogP contribution in [-0.2, 0) is 16.1 Å². The molecule has 0 bridgehead atoms. The minimum Gasteiger partial charge on any atom is -0.493 e. The Morgan fingerprint density at radius 3 is 2.27 bits per heavy atom. The predicted octanol–water partition coefficient (Wildman–Crippen LogP) is 4.03. The van der Waals surface area contributed by atoms with Crippen LogP contribution in [0.1, 0.15) is 26.3 Å². The number of para-hydroxylation sites is 2. The summed E-state index contributed by atoms with van der Waals surface area (Å²) >= 11 is 3.41. The normalized spacial score (nSPS) is 11.7. The summed E-state index contributed by atoms with van der Waals surface area (Å²) in [5, 5.41) is 2.90. The van der Waals surface area contributed by atoms with Gasteiger partial charge in [0.25, 0.3) is 5.91 Å². The van der Waals surface area contributed by atoms with Gasteiger partial charge in [0.1, 0.15) is 6.04 Å². The first-order chi connectivity index (χ1) is 14.3. The topological polar surface area (TPSA) is 67.9 Å². The molecule has 0 unspecified atom stereocenters. The van der Waals surface area contributed by atoms with Gasteiger partial charge in [-0.15, -0.1) is 0 Å². The molecule has 0 heterocycles. The number of amides is 2. The lowest BCUT2D eigenvalue weighted by Gasteiger charge is -2.29. The van der Waals surface area contributed by atoms with Gasteiger partial charge in [-0.25, -0.2) is 0 Å². The van der Waals surface area contributed by atoms with Gasteiger partial charge in [0.05, 0.1) is 7.11 Å². The summed E-state index contributed by atoms with van der Waals surface area (Å²) in [6.45, 7) is 6.45. The quantitative estimate of drug-likeness (QED) is 0.561. The Morgan fingerprint density at radius 2 is 1.67 bits per heavy atom. The zero-order chi connectivity index (χ0) is 22.1. The highest BCUT2D eigenvalue weighted by atomic mass is 79.9. The van der Waals surface area contributed by atoms with Crippen molar-refractivity contribution >= 4 is 27.7 Å².